The first-order valence-electron chi connectivity index (χ1n) is 9.07. The van der Waals surface area contributed by atoms with Crippen LogP contribution in [0.15, 0.2) is 53.6 Å². The van der Waals surface area contributed by atoms with Gasteiger partial charge in [0.05, 0.1) is 5.69 Å². The Bertz CT molecular complexity index is 924. The third-order valence-electron chi connectivity index (χ3n) is 4.81. The van der Waals surface area contributed by atoms with Gasteiger partial charge < -0.3 is 10.6 Å². The Balaban J connectivity index is 1.88. The number of carbonyl (C=O) groups excluding carboxylic acids is 2. The third-order valence-corrected chi connectivity index (χ3v) is 4.81. The highest BCUT2D eigenvalue weighted by Gasteiger charge is 2.36. The smallest absolute Gasteiger partial charge is 0.274 e. The molecule has 1 aliphatic heterocycles. The van der Waals surface area contributed by atoms with Crippen molar-refractivity contribution in [1.29, 1.82) is 0 Å². The molecule has 2 N–H and O–H groups in total. The Labute approximate surface area is 163 Å². The van der Waals surface area contributed by atoms with Crippen molar-refractivity contribution in [3.05, 3.63) is 59.9 Å². The molecule has 1 heterocycles. The van der Waals surface area contributed by atoms with Gasteiger partial charge in [-0.25, -0.2) is 4.39 Å². The highest BCUT2D eigenvalue weighted by molar-refractivity contribution is 6.44. The summed E-state index contributed by atoms with van der Waals surface area (Å²) in [7, 11) is 1.67. The first kappa shape index (κ1) is 19.5. The van der Waals surface area contributed by atoms with Crippen LogP contribution in [0.3, 0.4) is 0 Å². The second-order valence-corrected chi connectivity index (χ2v) is 7.10. The van der Waals surface area contributed by atoms with E-state index in [9.17, 15) is 14.0 Å². The number of carbonyl (C=O) groups is 2. The highest BCUT2D eigenvalue weighted by Crippen LogP contribution is 2.27. The maximum atomic E-state index is 13.2. The standard InChI is InChI=1S/C21H23FN4O2/c1-13(2)14-5-4-6-17(11-14)25(3)21(28)18-12-19(20(23)27)26(24-18)16-9-7-15(22)8-10-16/h4-11,13,19H,12H2,1-3H3,(H2,23,27). The SMILES string of the molecule is CC(C)c1cccc(N(C)C(=O)C2=NN(c3ccc(F)cc3)C(C(N)=O)C2)c1. The predicted octanol–water partition coefficient (Wildman–Crippen LogP) is 3.03. The molecule has 0 spiro atoms. The number of primary amides is 1. The molecule has 28 heavy (non-hydrogen) atoms. The molecule has 6 nitrogen and oxygen atoms in total. The number of benzene rings is 2. The molecule has 1 unspecified atom stereocenters. The van der Waals surface area contributed by atoms with Crippen molar-refractivity contribution < 1.29 is 14.0 Å². The monoisotopic (exact) mass is 382 g/mol. The summed E-state index contributed by atoms with van der Waals surface area (Å²) in [6.45, 7) is 4.17. The van der Waals surface area contributed by atoms with Crippen LogP contribution in [0.5, 0.6) is 0 Å². The second kappa shape index (κ2) is 7.80. The molecule has 1 atom stereocenters. The third kappa shape index (κ3) is 3.88. The quantitative estimate of drug-likeness (QED) is 0.863. The normalized spacial score (nSPS) is 16.2. The van der Waals surface area contributed by atoms with Gasteiger partial charge in [-0.1, -0.05) is 26.0 Å². The summed E-state index contributed by atoms with van der Waals surface area (Å²) >= 11 is 0. The van der Waals surface area contributed by atoms with Crippen molar-refractivity contribution in [1.82, 2.24) is 0 Å². The molecule has 0 fully saturated rings. The molecule has 0 saturated carbocycles. The number of hydrazone groups is 1. The largest absolute Gasteiger partial charge is 0.368 e. The summed E-state index contributed by atoms with van der Waals surface area (Å²) in [5.74, 6) is -0.971. The minimum atomic E-state index is -0.792. The summed E-state index contributed by atoms with van der Waals surface area (Å²) in [4.78, 5) is 26.4. The first-order valence-corrected chi connectivity index (χ1v) is 9.07. The zero-order valence-electron chi connectivity index (χ0n) is 16.1. The predicted molar refractivity (Wildman–Crippen MR) is 108 cm³/mol. The fourth-order valence-corrected chi connectivity index (χ4v) is 3.10. The number of amides is 2. The Hall–Kier alpha value is -3.22. The van der Waals surface area contributed by atoms with Crippen molar-refractivity contribution in [3.8, 4) is 0 Å². The van der Waals surface area contributed by atoms with Gasteiger partial charge in [0, 0.05) is 19.2 Å². The van der Waals surface area contributed by atoms with Crippen LogP contribution in [0.2, 0.25) is 0 Å². The number of halogens is 1. The van der Waals surface area contributed by atoms with Crippen LogP contribution in [0.25, 0.3) is 0 Å². The first-order chi connectivity index (χ1) is 13.3. The van der Waals surface area contributed by atoms with E-state index >= 15 is 0 Å². The van der Waals surface area contributed by atoms with Gasteiger partial charge in [0.1, 0.15) is 17.6 Å². The Morgan fingerprint density at radius 2 is 1.89 bits per heavy atom. The molecular weight excluding hydrogens is 359 g/mol. The van der Waals surface area contributed by atoms with Crippen LogP contribution in [0.4, 0.5) is 15.8 Å². The van der Waals surface area contributed by atoms with Crippen molar-refractivity contribution in [3.63, 3.8) is 0 Å². The van der Waals surface area contributed by atoms with E-state index in [4.69, 9.17) is 5.73 Å². The number of nitrogens with zero attached hydrogens (tertiary/aromatic N) is 3. The number of rotatable bonds is 5. The van der Waals surface area contributed by atoms with E-state index in [1.807, 2.05) is 24.3 Å². The van der Waals surface area contributed by atoms with E-state index in [2.05, 4.69) is 18.9 Å². The van der Waals surface area contributed by atoms with Crippen LogP contribution < -0.4 is 15.6 Å². The lowest BCUT2D eigenvalue weighted by atomic mass is 10.0. The fraction of sp³-hybridized carbons (Fsp3) is 0.286. The highest BCUT2D eigenvalue weighted by atomic mass is 19.1. The molecule has 3 rings (SSSR count). The molecule has 0 bridgehead atoms. The molecular formula is C21H23FN4O2. The van der Waals surface area contributed by atoms with Gasteiger partial charge in [0.2, 0.25) is 5.91 Å². The second-order valence-electron chi connectivity index (χ2n) is 7.10. The van der Waals surface area contributed by atoms with E-state index in [0.29, 0.717) is 11.6 Å². The molecule has 2 amide bonds. The van der Waals surface area contributed by atoms with Gasteiger partial charge in [-0.15, -0.1) is 0 Å². The Morgan fingerprint density at radius 3 is 2.50 bits per heavy atom. The van der Waals surface area contributed by atoms with Gasteiger partial charge >= 0.3 is 0 Å². The molecule has 2 aromatic carbocycles. The summed E-state index contributed by atoms with van der Waals surface area (Å²) in [6, 6.07) is 12.5. The lowest BCUT2D eigenvalue weighted by Gasteiger charge is -2.20. The maximum Gasteiger partial charge on any atom is 0.274 e. The minimum Gasteiger partial charge on any atom is -0.368 e. The number of hydrogen-bond donors (Lipinski definition) is 1. The summed E-state index contributed by atoms with van der Waals surface area (Å²) in [6.07, 6.45) is 0.0970. The molecule has 0 aliphatic carbocycles. The average molecular weight is 382 g/mol. The summed E-state index contributed by atoms with van der Waals surface area (Å²) < 4.78 is 13.2. The lowest BCUT2D eigenvalue weighted by Crippen LogP contribution is -2.40. The van der Waals surface area contributed by atoms with Crippen LogP contribution in [-0.2, 0) is 9.59 Å². The van der Waals surface area contributed by atoms with E-state index in [1.165, 1.54) is 34.2 Å². The van der Waals surface area contributed by atoms with Crippen LogP contribution in [0, 0.1) is 5.82 Å². The zero-order chi connectivity index (χ0) is 20.4. The van der Waals surface area contributed by atoms with E-state index in [1.54, 1.807) is 7.05 Å². The molecule has 1 aliphatic rings. The Morgan fingerprint density at radius 1 is 1.21 bits per heavy atom. The van der Waals surface area contributed by atoms with E-state index in [0.717, 1.165) is 11.3 Å². The van der Waals surface area contributed by atoms with Crippen molar-refractivity contribution >= 4 is 28.9 Å². The molecule has 146 valence electrons. The van der Waals surface area contributed by atoms with Gasteiger partial charge in [0.15, 0.2) is 0 Å². The van der Waals surface area contributed by atoms with Gasteiger partial charge in [-0.3, -0.25) is 14.6 Å². The number of anilines is 2. The van der Waals surface area contributed by atoms with Crippen LogP contribution in [-0.4, -0.2) is 30.6 Å². The fourth-order valence-electron chi connectivity index (χ4n) is 3.10. The maximum absolute atomic E-state index is 13.2. The van der Waals surface area contributed by atoms with Crippen LogP contribution >= 0.6 is 0 Å². The van der Waals surface area contributed by atoms with Crippen LogP contribution in [0.1, 0.15) is 31.7 Å². The molecule has 0 aromatic heterocycles. The van der Waals surface area contributed by atoms with E-state index < -0.39 is 17.8 Å². The van der Waals surface area contributed by atoms with E-state index in [-0.39, 0.29) is 18.0 Å². The Kier molecular flexibility index (Phi) is 5.44. The molecule has 0 saturated heterocycles. The molecule has 0 radical (unpaired) electrons. The van der Waals surface area contributed by atoms with Crippen molar-refractivity contribution in [2.45, 2.75) is 32.2 Å². The van der Waals surface area contributed by atoms with Crippen molar-refractivity contribution in [2.24, 2.45) is 10.8 Å². The molecule has 2 aromatic rings. The zero-order valence-corrected chi connectivity index (χ0v) is 16.1. The number of hydrogen-bond acceptors (Lipinski definition) is 4. The van der Waals surface area contributed by atoms with Gasteiger partial charge in [-0.05, 0) is 47.9 Å². The lowest BCUT2D eigenvalue weighted by molar-refractivity contribution is -0.119. The van der Waals surface area contributed by atoms with Gasteiger partial charge in [0.25, 0.3) is 5.91 Å². The van der Waals surface area contributed by atoms with Gasteiger partial charge in [-0.2, -0.15) is 5.10 Å². The van der Waals surface area contributed by atoms with Crippen molar-refractivity contribution in [2.75, 3.05) is 17.0 Å². The topological polar surface area (TPSA) is 79.0 Å². The summed E-state index contributed by atoms with van der Waals surface area (Å²) in [5, 5.41) is 5.71. The minimum absolute atomic E-state index is 0.0970. The number of nitrogens with two attached hydrogens (primary N) is 1. The average Bonchev–Trinajstić information content (AvgIpc) is 3.13. The molecule has 7 heteroatoms. The summed E-state index contributed by atoms with van der Waals surface area (Å²) in [5.41, 5.74) is 8.09.